The first-order valence-electron chi connectivity index (χ1n) is 8.93. The van der Waals surface area contributed by atoms with E-state index in [-0.39, 0.29) is 30.9 Å². The standard InChI is InChI=1S/C21H25FN2O5/c1-24(2)17(14-6-5-7-16(22)10-14)12-23-21(26)15-8-9-18(19(11-15)27-3)29-13-20(25)28-4/h5-11,17H,12-13H2,1-4H3,(H,23,26). The van der Waals surface area contributed by atoms with Crippen molar-refractivity contribution in [2.45, 2.75) is 6.04 Å². The summed E-state index contributed by atoms with van der Waals surface area (Å²) in [6, 6.07) is 10.7. The SMILES string of the molecule is COC(=O)COc1ccc(C(=O)NCC(c2cccc(F)c2)N(C)C)cc1OC. The maximum Gasteiger partial charge on any atom is 0.343 e. The molecule has 0 radical (unpaired) electrons. The number of hydrogen-bond acceptors (Lipinski definition) is 6. The number of carbonyl (C=O) groups excluding carboxylic acids is 2. The Bertz CT molecular complexity index is 857. The molecule has 1 unspecified atom stereocenters. The quantitative estimate of drug-likeness (QED) is 0.647. The molecular formula is C21H25FN2O5. The number of esters is 1. The van der Waals surface area contributed by atoms with Crippen LogP contribution in [-0.2, 0) is 9.53 Å². The zero-order chi connectivity index (χ0) is 21.4. The van der Waals surface area contributed by atoms with Crippen molar-refractivity contribution in [3.05, 3.63) is 59.4 Å². The van der Waals surface area contributed by atoms with Gasteiger partial charge in [0, 0.05) is 12.1 Å². The van der Waals surface area contributed by atoms with Crippen molar-refractivity contribution in [1.82, 2.24) is 10.2 Å². The van der Waals surface area contributed by atoms with Crippen LogP contribution in [0, 0.1) is 5.82 Å². The van der Waals surface area contributed by atoms with Gasteiger partial charge in [0.1, 0.15) is 5.82 Å². The number of amides is 1. The van der Waals surface area contributed by atoms with E-state index in [4.69, 9.17) is 9.47 Å². The molecule has 1 amide bonds. The zero-order valence-electron chi connectivity index (χ0n) is 16.9. The molecule has 7 nitrogen and oxygen atoms in total. The predicted molar refractivity (Wildman–Crippen MR) is 106 cm³/mol. The van der Waals surface area contributed by atoms with Crippen molar-refractivity contribution in [3.8, 4) is 11.5 Å². The van der Waals surface area contributed by atoms with Crippen LogP contribution in [0.15, 0.2) is 42.5 Å². The van der Waals surface area contributed by atoms with Crippen molar-refractivity contribution < 1.29 is 28.2 Å². The minimum absolute atomic E-state index is 0.195. The molecular weight excluding hydrogens is 379 g/mol. The molecule has 2 rings (SSSR count). The summed E-state index contributed by atoms with van der Waals surface area (Å²) in [5, 5.41) is 2.85. The van der Waals surface area contributed by atoms with Crippen LogP contribution >= 0.6 is 0 Å². The van der Waals surface area contributed by atoms with Gasteiger partial charge >= 0.3 is 5.97 Å². The molecule has 0 bridgehead atoms. The van der Waals surface area contributed by atoms with Crippen LogP contribution in [0.2, 0.25) is 0 Å². The number of nitrogens with zero attached hydrogens (tertiary/aromatic N) is 1. The third-order valence-corrected chi connectivity index (χ3v) is 4.31. The molecule has 1 N–H and O–H groups in total. The number of ether oxygens (including phenoxy) is 3. The van der Waals surface area contributed by atoms with Crippen molar-refractivity contribution in [3.63, 3.8) is 0 Å². The molecule has 0 aromatic heterocycles. The summed E-state index contributed by atoms with van der Waals surface area (Å²) < 4.78 is 28.7. The molecule has 0 aliphatic carbocycles. The highest BCUT2D eigenvalue weighted by Gasteiger charge is 2.18. The number of benzene rings is 2. The monoisotopic (exact) mass is 404 g/mol. The molecule has 0 aliphatic rings. The van der Waals surface area contributed by atoms with E-state index < -0.39 is 5.97 Å². The van der Waals surface area contributed by atoms with Gasteiger partial charge in [0.2, 0.25) is 0 Å². The van der Waals surface area contributed by atoms with Crippen molar-refractivity contribution >= 4 is 11.9 Å². The number of hydrogen-bond donors (Lipinski definition) is 1. The molecule has 156 valence electrons. The molecule has 0 saturated heterocycles. The van der Waals surface area contributed by atoms with Gasteiger partial charge in [-0.05, 0) is 50.0 Å². The fraction of sp³-hybridized carbons (Fsp3) is 0.333. The maximum absolute atomic E-state index is 13.6. The van der Waals surface area contributed by atoms with Crippen molar-refractivity contribution in [2.24, 2.45) is 0 Å². The van der Waals surface area contributed by atoms with Gasteiger partial charge in [0.15, 0.2) is 18.1 Å². The molecule has 0 fully saturated rings. The number of rotatable bonds is 9. The maximum atomic E-state index is 13.6. The number of carbonyl (C=O) groups is 2. The Hall–Kier alpha value is -3.13. The van der Waals surface area contributed by atoms with Gasteiger partial charge in [-0.15, -0.1) is 0 Å². The highest BCUT2D eigenvalue weighted by Crippen LogP contribution is 2.28. The molecule has 0 spiro atoms. The van der Waals surface area contributed by atoms with Crippen LogP contribution in [0.3, 0.4) is 0 Å². The second-order valence-corrected chi connectivity index (χ2v) is 6.47. The summed E-state index contributed by atoms with van der Waals surface area (Å²) in [5.74, 6) is -0.531. The van der Waals surface area contributed by atoms with Gasteiger partial charge < -0.3 is 24.4 Å². The lowest BCUT2D eigenvalue weighted by Crippen LogP contribution is -2.34. The third kappa shape index (κ3) is 6.18. The summed E-state index contributed by atoms with van der Waals surface area (Å²) in [5.41, 5.74) is 1.13. The lowest BCUT2D eigenvalue weighted by molar-refractivity contribution is -0.142. The Morgan fingerprint density at radius 3 is 2.48 bits per heavy atom. The van der Waals surface area contributed by atoms with Gasteiger partial charge in [-0.2, -0.15) is 0 Å². The lowest BCUT2D eigenvalue weighted by Gasteiger charge is -2.25. The summed E-state index contributed by atoms with van der Waals surface area (Å²) in [4.78, 5) is 25.7. The van der Waals surface area contributed by atoms with E-state index in [1.165, 1.54) is 32.4 Å². The minimum Gasteiger partial charge on any atom is -0.493 e. The van der Waals surface area contributed by atoms with E-state index in [2.05, 4.69) is 10.1 Å². The third-order valence-electron chi connectivity index (χ3n) is 4.31. The van der Waals surface area contributed by atoms with Crippen LogP contribution in [0.25, 0.3) is 0 Å². The first-order chi connectivity index (χ1) is 13.8. The van der Waals surface area contributed by atoms with E-state index in [0.29, 0.717) is 17.1 Å². The van der Waals surface area contributed by atoms with Gasteiger partial charge in [-0.25, -0.2) is 9.18 Å². The Morgan fingerprint density at radius 1 is 1.10 bits per heavy atom. The lowest BCUT2D eigenvalue weighted by atomic mass is 10.1. The molecule has 2 aromatic rings. The van der Waals surface area contributed by atoms with Crippen LogP contribution < -0.4 is 14.8 Å². The smallest absolute Gasteiger partial charge is 0.343 e. The zero-order valence-corrected chi connectivity index (χ0v) is 16.9. The van der Waals surface area contributed by atoms with E-state index in [1.54, 1.807) is 18.2 Å². The van der Waals surface area contributed by atoms with Gasteiger partial charge in [-0.1, -0.05) is 12.1 Å². The second kappa shape index (κ2) is 10.4. The topological polar surface area (TPSA) is 77.1 Å². The normalized spacial score (nSPS) is 11.7. The molecule has 0 heterocycles. The Balaban J connectivity index is 2.08. The second-order valence-electron chi connectivity index (χ2n) is 6.47. The summed E-state index contributed by atoms with van der Waals surface area (Å²) in [6.07, 6.45) is 0. The number of methoxy groups -OCH3 is 2. The fourth-order valence-electron chi connectivity index (χ4n) is 2.73. The van der Waals surface area contributed by atoms with Crippen molar-refractivity contribution in [1.29, 1.82) is 0 Å². The molecule has 8 heteroatoms. The summed E-state index contributed by atoms with van der Waals surface area (Å²) in [7, 11) is 6.42. The number of likely N-dealkylation sites (N-methyl/N-ethyl adjacent to an activating group) is 1. The van der Waals surface area contributed by atoms with Gasteiger partial charge in [0.25, 0.3) is 5.91 Å². The first kappa shape index (κ1) is 22.2. The van der Waals surface area contributed by atoms with E-state index in [1.807, 2.05) is 25.1 Å². The fourth-order valence-corrected chi connectivity index (χ4v) is 2.73. The Morgan fingerprint density at radius 2 is 1.86 bits per heavy atom. The Labute approximate surface area is 169 Å². The van der Waals surface area contributed by atoms with Gasteiger partial charge in [-0.3, -0.25) is 4.79 Å². The molecule has 1 atom stereocenters. The van der Waals surface area contributed by atoms with Crippen LogP contribution in [-0.4, -0.2) is 58.2 Å². The first-order valence-corrected chi connectivity index (χ1v) is 8.93. The summed E-state index contributed by atoms with van der Waals surface area (Å²) in [6.45, 7) is 0.0226. The van der Waals surface area contributed by atoms with Crippen molar-refractivity contribution in [2.75, 3.05) is 41.5 Å². The van der Waals surface area contributed by atoms with Crippen LogP contribution in [0.4, 0.5) is 4.39 Å². The van der Waals surface area contributed by atoms with E-state index >= 15 is 0 Å². The molecule has 29 heavy (non-hydrogen) atoms. The summed E-state index contributed by atoms with van der Waals surface area (Å²) >= 11 is 0. The highest BCUT2D eigenvalue weighted by molar-refractivity contribution is 5.94. The predicted octanol–water partition coefficient (Wildman–Crippen LogP) is 2.42. The van der Waals surface area contributed by atoms with E-state index in [9.17, 15) is 14.0 Å². The molecule has 0 aliphatic heterocycles. The average molecular weight is 404 g/mol. The highest BCUT2D eigenvalue weighted by atomic mass is 19.1. The number of halogens is 1. The largest absolute Gasteiger partial charge is 0.493 e. The van der Waals surface area contributed by atoms with E-state index in [0.717, 1.165) is 5.56 Å². The molecule has 2 aromatic carbocycles. The molecule has 0 saturated carbocycles. The average Bonchev–Trinajstić information content (AvgIpc) is 2.71. The van der Waals surface area contributed by atoms with Gasteiger partial charge in [0.05, 0.1) is 20.3 Å². The van der Waals surface area contributed by atoms with Crippen LogP contribution in [0.1, 0.15) is 22.0 Å². The Kier molecular flexibility index (Phi) is 7.97. The minimum atomic E-state index is -0.527. The van der Waals surface area contributed by atoms with Crippen LogP contribution in [0.5, 0.6) is 11.5 Å². The number of nitrogens with one attached hydrogen (secondary N) is 1.